The van der Waals surface area contributed by atoms with Gasteiger partial charge in [-0.2, -0.15) is 18.3 Å². The van der Waals surface area contributed by atoms with Crippen LogP contribution in [0, 0.1) is 0 Å². The van der Waals surface area contributed by atoms with Crippen molar-refractivity contribution in [2.45, 2.75) is 19.7 Å². The number of benzene rings is 3. The van der Waals surface area contributed by atoms with E-state index in [0.29, 0.717) is 33.7 Å². The fraction of sp³-hybridized carbons (Fsp3) is 0.167. The topological polar surface area (TPSA) is 59.9 Å². The van der Waals surface area contributed by atoms with Crippen LogP contribution in [0.3, 0.4) is 0 Å². The molecule has 0 unspecified atom stereocenters. The van der Waals surface area contributed by atoms with Gasteiger partial charge in [-0.1, -0.05) is 41.4 Å². The predicted molar refractivity (Wildman–Crippen MR) is 125 cm³/mol. The summed E-state index contributed by atoms with van der Waals surface area (Å²) in [7, 11) is 0. The minimum atomic E-state index is -4.66. The third-order valence-electron chi connectivity index (χ3n) is 4.52. The molecular formula is C24H19Cl2F3N2O3. The summed E-state index contributed by atoms with van der Waals surface area (Å²) in [5.41, 5.74) is 1.83. The number of carbonyl (C=O) groups excluding carboxylic acids is 1. The Kier molecular flexibility index (Phi) is 8.41. The highest BCUT2D eigenvalue weighted by molar-refractivity contribution is 6.35. The maximum atomic E-state index is 13.1. The van der Waals surface area contributed by atoms with Crippen molar-refractivity contribution in [2.24, 2.45) is 5.10 Å². The minimum Gasteiger partial charge on any atom is -0.490 e. The first-order valence-electron chi connectivity index (χ1n) is 10.0. The van der Waals surface area contributed by atoms with Crippen molar-refractivity contribution in [1.82, 2.24) is 5.43 Å². The lowest BCUT2D eigenvalue weighted by Crippen LogP contribution is -2.22. The number of hydrogen-bond donors (Lipinski definition) is 1. The average Bonchev–Trinajstić information content (AvgIpc) is 2.79. The molecule has 178 valence electrons. The Bertz CT molecular complexity index is 1200. The van der Waals surface area contributed by atoms with E-state index in [9.17, 15) is 18.0 Å². The first-order valence-corrected chi connectivity index (χ1v) is 10.8. The van der Waals surface area contributed by atoms with Gasteiger partial charge < -0.3 is 9.47 Å². The van der Waals surface area contributed by atoms with E-state index in [1.807, 2.05) is 0 Å². The van der Waals surface area contributed by atoms with Crippen LogP contribution in [0.25, 0.3) is 0 Å². The Morgan fingerprint density at radius 2 is 1.79 bits per heavy atom. The molecule has 5 nitrogen and oxygen atoms in total. The molecule has 3 aromatic carbocycles. The van der Waals surface area contributed by atoms with Gasteiger partial charge in [-0.15, -0.1) is 0 Å². The first-order chi connectivity index (χ1) is 16.2. The van der Waals surface area contributed by atoms with Crippen molar-refractivity contribution in [1.29, 1.82) is 0 Å². The molecular weight excluding hydrogens is 492 g/mol. The molecule has 3 rings (SSSR count). The Labute approximate surface area is 204 Å². The molecule has 0 atom stereocenters. The van der Waals surface area contributed by atoms with E-state index in [-0.39, 0.29) is 6.61 Å². The second-order valence-corrected chi connectivity index (χ2v) is 7.75. The van der Waals surface area contributed by atoms with Gasteiger partial charge in [0.05, 0.1) is 23.9 Å². The number of ether oxygens (including phenoxy) is 2. The molecule has 0 aromatic heterocycles. The number of nitrogens with zero attached hydrogens (tertiary/aromatic N) is 1. The molecule has 0 aliphatic heterocycles. The largest absolute Gasteiger partial charge is 0.490 e. The van der Waals surface area contributed by atoms with Crippen LogP contribution in [0.15, 0.2) is 65.8 Å². The molecule has 3 aromatic rings. The maximum absolute atomic E-state index is 13.1. The lowest BCUT2D eigenvalue weighted by atomic mass is 10.1. The Hall–Kier alpha value is -3.23. The minimum absolute atomic E-state index is 0.179. The summed E-state index contributed by atoms with van der Waals surface area (Å²) in [6.45, 7) is 2.35. The van der Waals surface area contributed by atoms with Crippen molar-refractivity contribution < 1.29 is 27.4 Å². The predicted octanol–water partition coefficient (Wildman–Crippen LogP) is 6.75. The standard InChI is InChI=1S/C24H19Cl2F3N2O3/c1-2-33-22-11-15(7-10-21(22)34-14-16-8-9-17(25)12-20(16)26)13-30-31-23(32)18-5-3-4-6-19(18)24(27,28)29/h3-13H,2,14H2,1H3,(H,31,32)/b30-13+. The molecule has 1 N–H and O–H groups in total. The SMILES string of the molecule is CCOc1cc(/C=N/NC(=O)c2ccccc2C(F)(F)F)ccc1OCc1ccc(Cl)cc1Cl. The number of hydrogen-bond acceptors (Lipinski definition) is 4. The van der Waals surface area contributed by atoms with E-state index in [2.05, 4.69) is 10.5 Å². The summed E-state index contributed by atoms with van der Waals surface area (Å²) in [5.74, 6) is -0.104. The number of halogens is 5. The highest BCUT2D eigenvalue weighted by atomic mass is 35.5. The van der Waals surface area contributed by atoms with Crippen LogP contribution in [0.5, 0.6) is 11.5 Å². The summed E-state index contributed by atoms with van der Waals surface area (Å²) in [6.07, 6.45) is -3.37. The zero-order valence-corrected chi connectivity index (χ0v) is 19.3. The summed E-state index contributed by atoms with van der Waals surface area (Å²) in [6, 6.07) is 14.5. The average molecular weight is 511 g/mol. The van der Waals surface area contributed by atoms with Crippen LogP contribution in [0.1, 0.15) is 34.0 Å². The van der Waals surface area contributed by atoms with Crippen LogP contribution in [-0.2, 0) is 12.8 Å². The van der Waals surface area contributed by atoms with Gasteiger partial charge in [0.25, 0.3) is 5.91 Å². The van der Waals surface area contributed by atoms with Crippen LogP contribution in [-0.4, -0.2) is 18.7 Å². The first kappa shape index (κ1) is 25.4. The Balaban J connectivity index is 1.71. The molecule has 10 heteroatoms. The summed E-state index contributed by atoms with van der Waals surface area (Å²) in [5, 5.41) is 4.75. The van der Waals surface area contributed by atoms with E-state index in [1.54, 1.807) is 43.3 Å². The molecule has 0 aliphatic rings. The molecule has 34 heavy (non-hydrogen) atoms. The van der Waals surface area contributed by atoms with Crippen molar-refractivity contribution in [3.8, 4) is 11.5 Å². The van der Waals surface area contributed by atoms with Crippen molar-refractivity contribution in [3.63, 3.8) is 0 Å². The van der Waals surface area contributed by atoms with Crippen molar-refractivity contribution in [3.05, 3.63) is 93.0 Å². The van der Waals surface area contributed by atoms with E-state index < -0.39 is 23.2 Å². The molecule has 0 spiro atoms. The highest BCUT2D eigenvalue weighted by Crippen LogP contribution is 2.32. The van der Waals surface area contributed by atoms with Crippen LogP contribution in [0.4, 0.5) is 13.2 Å². The Morgan fingerprint density at radius 3 is 2.50 bits per heavy atom. The second kappa shape index (κ2) is 11.3. The van der Waals surface area contributed by atoms with E-state index in [1.165, 1.54) is 18.3 Å². The van der Waals surface area contributed by atoms with E-state index >= 15 is 0 Å². The van der Waals surface area contributed by atoms with Crippen LogP contribution < -0.4 is 14.9 Å². The third-order valence-corrected chi connectivity index (χ3v) is 5.11. The number of amides is 1. The molecule has 1 amide bonds. The monoisotopic (exact) mass is 510 g/mol. The van der Waals surface area contributed by atoms with Gasteiger partial charge in [-0.3, -0.25) is 4.79 Å². The van der Waals surface area contributed by atoms with Crippen LogP contribution >= 0.6 is 23.2 Å². The second-order valence-electron chi connectivity index (χ2n) is 6.91. The zero-order valence-electron chi connectivity index (χ0n) is 17.8. The van der Waals surface area contributed by atoms with Crippen LogP contribution in [0.2, 0.25) is 10.0 Å². The molecule has 0 saturated carbocycles. The van der Waals surface area contributed by atoms with Gasteiger partial charge >= 0.3 is 6.18 Å². The van der Waals surface area contributed by atoms with E-state index in [0.717, 1.165) is 17.7 Å². The Morgan fingerprint density at radius 1 is 1.03 bits per heavy atom. The fourth-order valence-electron chi connectivity index (χ4n) is 2.94. The fourth-order valence-corrected chi connectivity index (χ4v) is 3.40. The van der Waals surface area contributed by atoms with Crippen molar-refractivity contribution in [2.75, 3.05) is 6.61 Å². The van der Waals surface area contributed by atoms with Gasteiger partial charge in [-0.25, -0.2) is 5.43 Å². The summed E-state index contributed by atoms with van der Waals surface area (Å²) >= 11 is 12.1. The number of alkyl halides is 3. The quantitative estimate of drug-likeness (QED) is 0.269. The lowest BCUT2D eigenvalue weighted by Gasteiger charge is -2.13. The number of carbonyl (C=O) groups is 1. The lowest BCUT2D eigenvalue weighted by molar-refractivity contribution is -0.137. The number of nitrogens with one attached hydrogen (secondary N) is 1. The van der Waals surface area contributed by atoms with Gasteiger partial charge in [0.1, 0.15) is 6.61 Å². The number of hydrazone groups is 1. The summed E-state index contributed by atoms with van der Waals surface area (Å²) in [4.78, 5) is 12.2. The molecule has 0 fully saturated rings. The van der Waals surface area contributed by atoms with Gasteiger partial charge in [0.15, 0.2) is 11.5 Å². The van der Waals surface area contributed by atoms with Gasteiger partial charge in [0.2, 0.25) is 0 Å². The van der Waals surface area contributed by atoms with Gasteiger partial charge in [-0.05, 0) is 55.0 Å². The molecule has 0 radical (unpaired) electrons. The maximum Gasteiger partial charge on any atom is 0.417 e. The number of rotatable bonds is 8. The van der Waals surface area contributed by atoms with Crippen molar-refractivity contribution >= 4 is 35.3 Å². The third kappa shape index (κ3) is 6.65. The van der Waals surface area contributed by atoms with E-state index in [4.69, 9.17) is 32.7 Å². The van der Waals surface area contributed by atoms with Gasteiger partial charge in [0, 0.05) is 15.6 Å². The highest BCUT2D eigenvalue weighted by Gasteiger charge is 2.34. The molecule has 0 bridgehead atoms. The molecule has 0 heterocycles. The molecule has 0 saturated heterocycles. The molecule has 0 aliphatic carbocycles. The smallest absolute Gasteiger partial charge is 0.417 e. The zero-order chi connectivity index (χ0) is 24.7. The normalized spacial score (nSPS) is 11.5. The summed E-state index contributed by atoms with van der Waals surface area (Å²) < 4.78 is 50.7.